The Labute approximate surface area is 169 Å². The van der Waals surface area contributed by atoms with Crippen molar-refractivity contribution in [2.45, 2.75) is 44.0 Å². The number of aromatic nitrogens is 2. The molecule has 150 valence electrons. The maximum Gasteiger partial charge on any atom is 0.161 e. The summed E-state index contributed by atoms with van der Waals surface area (Å²) in [6, 6.07) is 14.6. The van der Waals surface area contributed by atoms with E-state index in [1.54, 1.807) is 0 Å². The fourth-order valence-corrected chi connectivity index (χ4v) is 4.24. The minimum atomic E-state index is -0.223. The van der Waals surface area contributed by atoms with Crippen LogP contribution in [0.5, 0.6) is 11.5 Å². The fraction of sp³-hybridized carbons (Fsp3) is 0.348. The molecule has 3 atom stereocenters. The predicted molar refractivity (Wildman–Crippen MR) is 108 cm³/mol. The molecule has 3 unspecified atom stereocenters. The highest BCUT2D eigenvalue weighted by molar-refractivity contribution is 5.41. The van der Waals surface area contributed by atoms with Gasteiger partial charge in [0.1, 0.15) is 24.4 Å². The molecular formula is C23H24FN3O2. The van der Waals surface area contributed by atoms with Gasteiger partial charge in [0.05, 0.1) is 12.1 Å². The number of nitrogens with zero attached hydrogens (tertiary/aromatic N) is 2. The third-order valence-corrected chi connectivity index (χ3v) is 5.71. The Balaban J connectivity index is 1.40. The number of ether oxygens (including phenoxy) is 2. The van der Waals surface area contributed by atoms with E-state index in [9.17, 15) is 4.39 Å². The van der Waals surface area contributed by atoms with Crippen molar-refractivity contribution in [3.63, 3.8) is 0 Å². The highest BCUT2D eigenvalue weighted by atomic mass is 19.1. The molecule has 0 aliphatic carbocycles. The highest BCUT2D eigenvalue weighted by Gasteiger charge is 2.32. The Kier molecular flexibility index (Phi) is 4.94. The van der Waals surface area contributed by atoms with Crippen molar-refractivity contribution in [1.82, 2.24) is 14.9 Å². The number of benzene rings is 2. The van der Waals surface area contributed by atoms with Crippen LogP contribution in [0.1, 0.15) is 30.3 Å². The monoisotopic (exact) mass is 393 g/mol. The van der Waals surface area contributed by atoms with E-state index in [0.717, 1.165) is 42.3 Å². The second-order valence-electron chi connectivity index (χ2n) is 7.69. The van der Waals surface area contributed by atoms with E-state index in [1.807, 2.05) is 48.8 Å². The highest BCUT2D eigenvalue weighted by Crippen LogP contribution is 2.33. The van der Waals surface area contributed by atoms with Gasteiger partial charge in [-0.2, -0.15) is 0 Å². The van der Waals surface area contributed by atoms with E-state index in [-0.39, 0.29) is 24.0 Å². The number of hydrogen-bond acceptors (Lipinski definition) is 4. The first-order chi connectivity index (χ1) is 14.3. The average molecular weight is 393 g/mol. The lowest BCUT2D eigenvalue weighted by Crippen LogP contribution is -2.50. The summed E-state index contributed by atoms with van der Waals surface area (Å²) in [6.45, 7) is 1.48. The van der Waals surface area contributed by atoms with Gasteiger partial charge in [-0.25, -0.2) is 9.37 Å². The van der Waals surface area contributed by atoms with E-state index >= 15 is 0 Å². The largest absolute Gasteiger partial charge is 0.486 e. The Bertz CT molecular complexity index is 972. The first-order valence-corrected chi connectivity index (χ1v) is 10.2. The summed E-state index contributed by atoms with van der Waals surface area (Å²) in [4.78, 5) is 4.57. The molecule has 2 aromatic carbocycles. The number of imidazole rings is 1. The Morgan fingerprint density at radius 2 is 1.97 bits per heavy atom. The molecule has 2 aliphatic heterocycles. The number of hydrogen-bond donors (Lipinski definition) is 1. The Morgan fingerprint density at radius 1 is 1.14 bits per heavy atom. The van der Waals surface area contributed by atoms with Crippen LogP contribution in [-0.2, 0) is 13.0 Å². The summed E-state index contributed by atoms with van der Waals surface area (Å²) in [5, 5.41) is 3.78. The minimum Gasteiger partial charge on any atom is -0.486 e. The second kappa shape index (κ2) is 7.87. The standard InChI is InChI=1S/C23H24FN3O2/c24-17-9-7-16(8-10-17)14-19(22-15-28-20-5-1-2-6-21(20)29-22)26-18-4-3-12-27-13-11-25-23(18)27/h1-2,5-11,13,18-19,22,26H,3-4,12,14-15H2. The SMILES string of the molecule is Fc1ccc(CC(NC2CCCn3ccnc32)C2COc3ccccc3O2)cc1. The average Bonchev–Trinajstić information content (AvgIpc) is 3.24. The van der Waals surface area contributed by atoms with Gasteiger partial charge in [-0.3, -0.25) is 0 Å². The van der Waals surface area contributed by atoms with Crippen molar-refractivity contribution >= 4 is 0 Å². The molecule has 5 rings (SSSR count). The van der Waals surface area contributed by atoms with Gasteiger partial charge in [-0.15, -0.1) is 0 Å². The van der Waals surface area contributed by atoms with Gasteiger partial charge in [0, 0.05) is 18.9 Å². The quantitative estimate of drug-likeness (QED) is 0.714. The van der Waals surface area contributed by atoms with Crippen molar-refractivity contribution in [3.05, 3.63) is 78.1 Å². The number of nitrogens with one attached hydrogen (secondary N) is 1. The van der Waals surface area contributed by atoms with Gasteiger partial charge in [-0.05, 0) is 49.1 Å². The molecule has 1 aromatic heterocycles. The van der Waals surface area contributed by atoms with Crippen LogP contribution in [0.4, 0.5) is 4.39 Å². The van der Waals surface area contributed by atoms with Crippen molar-refractivity contribution in [3.8, 4) is 11.5 Å². The third kappa shape index (κ3) is 3.85. The zero-order valence-corrected chi connectivity index (χ0v) is 16.1. The molecule has 0 saturated heterocycles. The van der Waals surface area contributed by atoms with Crippen molar-refractivity contribution in [2.75, 3.05) is 6.61 Å². The van der Waals surface area contributed by atoms with Crippen LogP contribution < -0.4 is 14.8 Å². The Hall–Kier alpha value is -2.86. The summed E-state index contributed by atoms with van der Waals surface area (Å²) in [6.07, 6.45) is 6.60. The van der Waals surface area contributed by atoms with E-state index in [1.165, 1.54) is 12.1 Å². The first-order valence-electron chi connectivity index (χ1n) is 10.2. The second-order valence-corrected chi connectivity index (χ2v) is 7.69. The minimum absolute atomic E-state index is 0.00191. The summed E-state index contributed by atoms with van der Waals surface area (Å²) in [7, 11) is 0. The van der Waals surface area contributed by atoms with E-state index in [2.05, 4.69) is 14.9 Å². The molecule has 0 amide bonds. The molecule has 2 aliphatic rings. The molecule has 0 radical (unpaired) electrons. The van der Waals surface area contributed by atoms with Gasteiger partial charge in [-0.1, -0.05) is 24.3 Å². The number of aryl methyl sites for hydroxylation is 1. The third-order valence-electron chi connectivity index (χ3n) is 5.71. The maximum atomic E-state index is 13.4. The Morgan fingerprint density at radius 3 is 2.83 bits per heavy atom. The van der Waals surface area contributed by atoms with Gasteiger partial charge in [0.25, 0.3) is 0 Å². The zero-order chi connectivity index (χ0) is 19.6. The molecule has 0 bridgehead atoms. The molecule has 29 heavy (non-hydrogen) atoms. The van der Waals surface area contributed by atoms with Crippen molar-refractivity contribution in [1.29, 1.82) is 0 Å². The summed E-state index contributed by atoms with van der Waals surface area (Å²) in [5.41, 5.74) is 1.06. The number of rotatable bonds is 5. The van der Waals surface area contributed by atoms with Gasteiger partial charge in [0.2, 0.25) is 0 Å². The topological polar surface area (TPSA) is 48.3 Å². The van der Waals surface area contributed by atoms with Crippen LogP contribution in [0, 0.1) is 5.82 Å². The van der Waals surface area contributed by atoms with E-state index in [4.69, 9.17) is 9.47 Å². The smallest absolute Gasteiger partial charge is 0.161 e. The molecular weight excluding hydrogens is 369 g/mol. The molecule has 6 heteroatoms. The zero-order valence-electron chi connectivity index (χ0n) is 16.1. The summed E-state index contributed by atoms with van der Waals surface area (Å²) >= 11 is 0. The molecule has 0 saturated carbocycles. The van der Waals surface area contributed by atoms with Crippen LogP contribution >= 0.6 is 0 Å². The van der Waals surface area contributed by atoms with Crippen LogP contribution in [0.2, 0.25) is 0 Å². The summed E-state index contributed by atoms with van der Waals surface area (Å²) in [5.74, 6) is 2.38. The van der Waals surface area contributed by atoms with Gasteiger partial charge >= 0.3 is 0 Å². The van der Waals surface area contributed by atoms with Gasteiger partial charge < -0.3 is 19.4 Å². The van der Waals surface area contributed by atoms with Crippen LogP contribution in [0.3, 0.4) is 0 Å². The number of halogens is 1. The lowest BCUT2D eigenvalue weighted by atomic mass is 9.97. The first kappa shape index (κ1) is 18.2. The lowest BCUT2D eigenvalue weighted by Gasteiger charge is -2.36. The van der Waals surface area contributed by atoms with Crippen LogP contribution in [0.15, 0.2) is 60.9 Å². The van der Waals surface area contributed by atoms with E-state index < -0.39 is 0 Å². The molecule has 0 fully saturated rings. The summed E-state index contributed by atoms with van der Waals surface area (Å²) < 4.78 is 27.9. The fourth-order valence-electron chi connectivity index (χ4n) is 4.24. The van der Waals surface area contributed by atoms with E-state index in [0.29, 0.717) is 13.0 Å². The molecule has 3 heterocycles. The maximum absolute atomic E-state index is 13.4. The molecule has 3 aromatic rings. The predicted octanol–water partition coefficient (Wildman–Crippen LogP) is 3.90. The van der Waals surface area contributed by atoms with Crippen LogP contribution in [-0.4, -0.2) is 28.3 Å². The van der Waals surface area contributed by atoms with Crippen molar-refractivity contribution < 1.29 is 13.9 Å². The molecule has 0 spiro atoms. The molecule has 1 N–H and O–H groups in total. The molecule has 5 nitrogen and oxygen atoms in total. The number of para-hydroxylation sites is 2. The normalized spacial score (nSPS) is 21.4. The van der Waals surface area contributed by atoms with Gasteiger partial charge in [0.15, 0.2) is 11.5 Å². The van der Waals surface area contributed by atoms with Crippen LogP contribution in [0.25, 0.3) is 0 Å². The number of fused-ring (bicyclic) bond motifs is 2. The van der Waals surface area contributed by atoms with Crippen molar-refractivity contribution in [2.24, 2.45) is 0 Å². The lowest BCUT2D eigenvalue weighted by molar-refractivity contribution is 0.0564.